The third-order valence-corrected chi connectivity index (χ3v) is 7.25. The van der Waals surface area contributed by atoms with E-state index in [2.05, 4.69) is 22.7 Å². The summed E-state index contributed by atoms with van der Waals surface area (Å²) in [6.45, 7) is 5.36. The van der Waals surface area contributed by atoms with E-state index >= 15 is 0 Å². The van der Waals surface area contributed by atoms with E-state index in [0.29, 0.717) is 48.1 Å². The van der Waals surface area contributed by atoms with Crippen molar-refractivity contribution >= 4 is 17.5 Å². The molecule has 0 spiro atoms. The highest BCUT2D eigenvalue weighted by Crippen LogP contribution is 2.32. The summed E-state index contributed by atoms with van der Waals surface area (Å²) >= 11 is 0. The van der Waals surface area contributed by atoms with Gasteiger partial charge in [-0.05, 0) is 67.6 Å². The van der Waals surface area contributed by atoms with Crippen LogP contribution < -0.4 is 10.6 Å². The maximum atomic E-state index is 14.9. The van der Waals surface area contributed by atoms with Crippen molar-refractivity contribution in [2.24, 2.45) is 11.8 Å². The molecule has 2 fully saturated rings. The van der Waals surface area contributed by atoms with Gasteiger partial charge in [-0.1, -0.05) is 37.9 Å². The largest absolute Gasteiger partial charge is 0.381 e. The second-order valence-corrected chi connectivity index (χ2v) is 9.61. The number of amides is 2. The second-order valence-electron chi connectivity index (χ2n) is 9.61. The van der Waals surface area contributed by atoms with Gasteiger partial charge in [-0.15, -0.1) is 0 Å². The van der Waals surface area contributed by atoms with Gasteiger partial charge in [-0.25, -0.2) is 4.39 Å². The van der Waals surface area contributed by atoms with Crippen LogP contribution in [-0.2, 0) is 16.0 Å². The molecule has 1 saturated carbocycles. The Hall–Kier alpha value is -2.74. The van der Waals surface area contributed by atoms with Gasteiger partial charge in [0.05, 0.1) is 5.69 Å². The summed E-state index contributed by atoms with van der Waals surface area (Å²) in [6, 6.07) is 4.14. The molecule has 184 valence electrons. The van der Waals surface area contributed by atoms with Gasteiger partial charge in [-0.2, -0.15) is 0 Å². The molecule has 0 bridgehead atoms. The van der Waals surface area contributed by atoms with Gasteiger partial charge in [0.25, 0.3) is 5.91 Å². The molecule has 1 aliphatic carbocycles. The fraction of sp³-hybridized carbons (Fsp3) is 0.577. The first-order valence-electron chi connectivity index (χ1n) is 12.4. The van der Waals surface area contributed by atoms with Crippen molar-refractivity contribution in [3.8, 4) is 0 Å². The van der Waals surface area contributed by atoms with Crippen LogP contribution in [0.25, 0.3) is 0 Å². The quantitative estimate of drug-likeness (QED) is 0.603. The first-order chi connectivity index (χ1) is 16.5. The Morgan fingerprint density at radius 1 is 1.15 bits per heavy atom. The summed E-state index contributed by atoms with van der Waals surface area (Å²) in [7, 11) is 0. The highest BCUT2D eigenvalue weighted by atomic mass is 19.1. The smallest absolute Gasteiger partial charge is 0.257 e. The van der Waals surface area contributed by atoms with E-state index in [1.54, 1.807) is 12.1 Å². The highest BCUT2D eigenvalue weighted by Gasteiger charge is 2.33. The lowest BCUT2D eigenvalue weighted by atomic mass is 9.79. The van der Waals surface area contributed by atoms with Gasteiger partial charge in [-0.3, -0.25) is 9.59 Å². The Bertz CT molecular complexity index is 994. The number of aryl methyl sites for hydroxylation is 1. The predicted molar refractivity (Wildman–Crippen MR) is 126 cm³/mol. The molecule has 2 aromatic rings. The summed E-state index contributed by atoms with van der Waals surface area (Å²) in [5.74, 6) is -0.290. The minimum atomic E-state index is -0.724. The van der Waals surface area contributed by atoms with E-state index in [-0.39, 0.29) is 29.5 Å². The third kappa shape index (κ3) is 5.66. The van der Waals surface area contributed by atoms with Gasteiger partial charge < -0.3 is 19.9 Å². The fourth-order valence-corrected chi connectivity index (χ4v) is 5.10. The zero-order chi connectivity index (χ0) is 24.1. The van der Waals surface area contributed by atoms with Crippen LogP contribution in [0.1, 0.15) is 79.9 Å². The number of ether oxygens (including phenoxy) is 1. The summed E-state index contributed by atoms with van der Waals surface area (Å²) in [4.78, 5) is 26.3. The lowest BCUT2D eigenvalue weighted by Crippen LogP contribution is -2.49. The van der Waals surface area contributed by atoms with E-state index in [1.807, 2.05) is 6.92 Å². The van der Waals surface area contributed by atoms with Crippen LogP contribution >= 0.6 is 0 Å². The number of nitrogens with one attached hydrogen (secondary N) is 2. The van der Waals surface area contributed by atoms with Crippen LogP contribution in [0.15, 0.2) is 29.0 Å². The Kier molecular flexibility index (Phi) is 7.98. The monoisotopic (exact) mass is 471 g/mol. The van der Waals surface area contributed by atoms with Crippen LogP contribution in [0.4, 0.5) is 10.1 Å². The lowest BCUT2D eigenvalue weighted by molar-refractivity contribution is -0.119. The van der Waals surface area contributed by atoms with Crippen LogP contribution in [0.5, 0.6) is 0 Å². The van der Waals surface area contributed by atoms with E-state index in [4.69, 9.17) is 9.26 Å². The maximum absolute atomic E-state index is 14.9. The maximum Gasteiger partial charge on any atom is 0.257 e. The zero-order valence-electron chi connectivity index (χ0n) is 19.9. The first kappa shape index (κ1) is 24.4. The number of hydrogen-bond acceptors (Lipinski definition) is 5. The molecule has 2 heterocycles. The normalized spacial score (nSPS) is 22.2. The average molecular weight is 472 g/mol. The van der Waals surface area contributed by atoms with E-state index in [9.17, 15) is 14.0 Å². The molecule has 2 amide bonds. The van der Waals surface area contributed by atoms with Crippen LogP contribution in [0.3, 0.4) is 0 Å². The summed E-state index contributed by atoms with van der Waals surface area (Å²) in [5.41, 5.74) is 1.95. The van der Waals surface area contributed by atoms with Crippen molar-refractivity contribution in [2.75, 3.05) is 18.5 Å². The predicted octanol–water partition coefficient (Wildman–Crippen LogP) is 4.83. The number of rotatable bonds is 7. The molecule has 1 saturated heterocycles. The standard InChI is InChI=1S/C26H34FN3O4/c1-3-23-21(15-34-30-23)25(31)29-24(18-6-4-16(2)5-7-18)26(32)28-19-8-9-20(22(27)14-19)17-10-12-33-13-11-17/h8-9,14-18,24H,3-7,10-13H2,1-2H3,(H,28,32)(H,29,31)/t16?,18?,24-/m0/s1. The number of hydrogen-bond donors (Lipinski definition) is 2. The van der Waals surface area contributed by atoms with E-state index in [1.165, 1.54) is 12.3 Å². The Labute approximate surface area is 199 Å². The van der Waals surface area contributed by atoms with Gasteiger partial charge in [0.2, 0.25) is 5.91 Å². The summed E-state index contributed by atoms with van der Waals surface area (Å²) < 4.78 is 25.2. The summed E-state index contributed by atoms with van der Waals surface area (Å²) in [5, 5.41) is 9.63. The average Bonchev–Trinajstić information content (AvgIpc) is 3.33. The minimum Gasteiger partial charge on any atom is -0.381 e. The molecule has 1 atom stereocenters. The van der Waals surface area contributed by atoms with Crippen molar-refractivity contribution in [1.29, 1.82) is 0 Å². The Morgan fingerprint density at radius 3 is 2.56 bits per heavy atom. The van der Waals surface area contributed by atoms with Crippen LogP contribution in [-0.4, -0.2) is 36.2 Å². The van der Waals surface area contributed by atoms with E-state index in [0.717, 1.165) is 38.5 Å². The lowest BCUT2D eigenvalue weighted by Gasteiger charge is -2.32. The van der Waals surface area contributed by atoms with Crippen molar-refractivity contribution in [2.45, 2.75) is 70.8 Å². The number of carbonyl (C=O) groups excluding carboxylic acids is 2. The third-order valence-electron chi connectivity index (χ3n) is 7.25. The first-order valence-corrected chi connectivity index (χ1v) is 12.4. The van der Waals surface area contributed by atoms with Crippen molar-refractivity contribution in [1.82, 2.24) is 10.5 Å². The number of anilines is 1. The zero-order valence-corrected chi connectivity index (χ0v) is 19.9. The molecule has 1 aromatic carbocycles. The summed E-state index contributed by atoms with van der Waals surface area (Å²) in [6.07, 6.45) is 7.16. The number of halogens is 1. The molecule has 34 heavy (non-hydrogen) atoms. The molecule has 4 rings (SSSR count). The number of nitrogens with zero attached hydrogens (tertiary/aromatic N) is 1. The van der Waals surface area contributed by atoms with Gasteiger partial charge in [0.15, 0.2) is 0 Å². The van der Waals surface area contributed by atoms with E-state index < -0.39 is 6.04 Å². The number of aromatic nitrogens is 1. The fourth-order valence-electron chi connectivity index (χ4n) is 5.10. The second kappa shape index (κ2) is 11.1. The molecule has 2 N–H and O–H groups in total. The highest BCUT2D eigenvalue weighted by molar-refractivity contribution is 6.01. The molecule has 2 aliphatic rings. The molecule has 0 radical (unpaired) electrons. The number of carbonyl (C=O) groups is 2. The van der Waals surface area contributed by atoms with Gasteiger partial charge in [0.1, 0.15) is 23.7 Å². The SMILES string of the molecule is CCc1nocc1C(=O)N[C@H](C(=O)Nc1ccc(C2CCOCC2)c(F)c1)C1CCC(C)CC1. The Balaban J connectivity index is 1.49. The van der Waals surface area contributed by atoms with Crippen molar-refractivity contribution in [3.63, 3.8) is 0 Å². The molecule has 7 nitrogen and oxygen atoms in total. The van der Waals surface area contributed by atoms with Crippen LogP contribution in [0, 0.1) is 17.7 Å². The molecular formula is C26H34FN3O4. The molecule has 8 heteroatoms. The molecule has 1 aromatic heterocycles. The van der Waals surface area contributed by atoms with Crippen molar-refractivity contribution in [3.05, 3.63) is 47.1 Å². The Morgan fingerprint density at radius 2 is 1.88 bits per heavy atom. The van der Waals surface area contributed by atoms with Crippen LogP contribution in [0.2, 0.25) is 0 Å². The van der Waals surface area contributed by atoms with Crippen molar-refractivity contribution < 1.29 is 23.2 Å². The van der Waals surface area contributed by atoms with Gasteiger partial charge in [0, 0.05) is 18.9 Å². The molecule has 0 unspecified atom stereocenters. The molecular weight excluding hydrogens is 437 g/mol. The van der Waals surface area contributed by atoms with Gasteiger partial charge >= 0.3 is 0 Å². The topological polar surface area (TPSA) is 93.5 Å². The minimum absolute atomic E-state index is 0.0106. The number of benzene rings is 1. The molecule has 1 aliphatic heterocycles.